The van der Waals surface area contributed by atoms with E-state index in [9.17, 15) is 4.39 Å². The molecule has 104 valence electrons. The number of aryl methyl sites for hydroxylation is 1. The second kappa shape index (κ2) is 7.18. The van der Waals surface area contributed by atoms with Gasteiger partial charge in [-0.25, -0.2) is 4.39 Å². The molecule has 0 aliphatic carbocycles. The van der Waals surface area contributed by atoms with Crippen molar-refractivity contribution in [2.75, 3.05) is 6.61 Å². The minimum atomic E-state index is -0.255. The van der Waals surface area contributed by atoms with E-state index in [1.807, 2.05) is 13.0 Å². The summed E-state index contributed by atoms with van der Waals surface area (Å²) in [6.07, 6.45) is 2.03. The van der Waals surface area contributed by atoms with Crippen LogP contribution in [0.1, 0.15) is 23.3 Å². The smallest absolute Gasteiger partial charge is 0.128 e. The van der Waals surface area contributed by atoms with E-state index in [0.717, 1.165) is 10.7 Å². The summed E-state index contributed by atoms with van der Waals surface area (Å²) in [6, 6.07) is 6.86. The Hall–Kier alpha value is -1.70. The summed E-state index contributed by atoms with van der Waals surface area (Å²) in [5, 5.41) is 8.64. The van der Waals surface area contributed by atoms with Crippen LogP contribution in [0.4, 0.5) is 4.39 Å². The van der Waals surface area contributed by atoms with Gasteiger partial charge in [0, 0.05) is 22.6 Å². The lowest BCUT2D eigenvalue weighted by molar-refractivity contribution is 0.305. The summed E-state index contributed by atoms with van der Waals surface area (Å²) in [4.78, 5) is 1.02. The molecule has 20 heavy (non-hydrogen) atoms. The Morgan fingerprint density at radius 1 is 1.35 bits per heavy atom. The van der Waals surface area contributed by atoms with Crippen LogP contribution in [-0.2, 0) is 5.75 Å². The first-order valence-corrected chi connectivity index (χ1v) is 7.24. The first-order chi connectivity index (χ1) is 9.70. The normalized spacial score (nSPS) is 10.2. The molecule has 0 saturated heterocycles. The lowest BCUT2D eigenvalue weighted by Gasteiger charge is -2.03. The largest absolute Gasteiger partial charge is 0.468 e. The average molecular weight is 290 g/mol. The Bertz CT molecular complexity index is 637. The number of benzene rings is 1. The molecule has 1 N–H and O–H groups in total. The van der Waals surface area contributed by atoms with Crippen molar-refractivity contribution in [3.05, 3.63) is 53.2 Å². The maximum atomic E-state index is 13.9. The van der Waals surface area contributed by atoms with Gasteiger partial charge in [0.15, 0.2) is 0 Å². The number of aliphatic hydroxyl groups is 1. The predicted octanol–water partition coefficient (Wildman–Crippen LogP) is 3.75. The monoisotopic (exact) mass is 290 g/mol. The van der Waals surface area contributed by atoms with E-state index >= 15 is 0 Å². The highest BCUT2D eigenvalue weighted by Gasteiger charge is 2.06. The van der Waals surface area contributed by atoms with E-state index in [1.54, 1.807) is 30.2 Å². The highest BCUT2D eigenvalue weighted by atomic mass is 32.2. The molecular weight excluding hydrogens is 275 g/mol. The van der Waals surface area contributed by atoms with Crippen molar-refractivity contribution in [2.45, 2.75) is 24.0 Å². The Morgan fingerprint density at radius 2 is 2.20 bits per heavy atom. The van der Waals surface area contributed by atoms with Crippen molar-refractivity contribution >= 4 is 11.8 Å². The van der Waals surface area contributed by atoms with Crippen LogP contribution in [0, 0.1) is 24.6 Å². The molecule has 0 aliphatic heterocycles. The summed E-state index contributed by atoms with van der Waals surface area (Å²) in [6.45, 7) is 1.91. The van der Waals surface area contributed by atoms with Gasteiger partial charge in [-0.3, -0.25) is 0 Å². The molecule has 0 spiro atoms. The summed E-state index contributed by atoms with van der Waals surface area (Å²) in [5.41, 5.74) is 1.27. The number of furan rings is 1. The van der Waals surface area contributed by atoms with Crippen LogP contribution >= 0.6 is 11.8 Å². The number of aliphatic hydroxyl groups excluding tert-OH is 1. The molecule has 4 heteroatoms. The lowest BCUT2D eigenvalue weighted by Crippen LogP contribution is -1.89. The SMILES string of the molecule is Cc1occc1SCc1ccc(C#CCCO)cc1F. The van der Waals surface area contributed by atoms with Crippen LogP contribution in [0.15, 0.2) is 39.8 Å². The molecule has 2 rings (SSSR count). The molecule has 0 bridgehead atoms. The Labute approximate surface area is 122 Å². The first kappa shape index (κ1) is 14.7. The fourth-order valence-corrected chi connectivity index (χ4v) is 2.59. The third kappa shape index (κ3) is 3.89. The van der Waals surface area contributed by atoms with Crippen LogP contribution in [0.5, 0.6) is 0 Å². The van der Waals surface area contributed by atoms with Gasteiger partial charge in [0.1, 0.15) is 11.6 Å². The zero-order valence-corrected chi connectivity index (χ0v) is 12.0. The summed E-state index contributed by atoms with van der Waals surface area (Å²) in [7, 11) is 0. The molecule has 2 aromatic rings. The van der Waals surface area contributed by atoms with Gasteiger partial charge >= 0.3 is 0 Å². The van der Waals surface area contributed by atoms with Gasteiger partial charge in [-0.2, -0.15) is 0 Å². The van der Waals surface area contributed by atoms with Gasteiger partial charge in [-0.1, -0.05) is 17.9 Å². The van der Waals surface area contributed by atoms with Crippen LogP contribution < -0.4 is 0 Å². The van der Waals surface area contributed by atoms with E-state index in [-0.39, 0.29) is 12.4 Å². The van der Waals surface area contributed by atoms with Crippen LogP contribution in [-0.4, -0.2) is 11.7 Å². The molecule has 2 nitrogen and oxygen atoms in total. The quantitative estimate of drug-likeness (QED) is 0.687. The van der Waals surface area contributed by atoms with Crippen LogP contribution in [0.25, 0.3) is 0 Å². The van der Waals surface area contributed by atoms with Gasteiger partial charge in [0.25, 0.3) is 0 Å². The number of thioether (sulfide) groups is 1. The molecular formula is C16H15FO2S. The zero-order chi connectivity index (χ0) is 14.4. The third-order valence-electron chi connectivity index (χ3n) is 2.72. The maximum Gasteiger partial charge on any atom is 0.128 e. The standard InChI is InChI=1S/C16H15FO2S/c1-12-16(7-9-19-12)20-11-14-6-5-13(10-15(14)17)4-2-3-8-18/h5-7,9-10,18H,3,8,11H2,1H3. The molecule has 0 saturated carbocycles. The van der Waals surface area contributed by atoms with Gasteiger partial charge in [-0.15, -0.1) is 11.8 Å². The predicted molar refractivity (Wildman–Crippen MR) is 78.0 cm³/mol. The molecule has 0 amide bonds. The third-order valence-corrected chi connectivity index (χ3v) is 3.91. The van der Waals surface area contributed by atoms with E-state index in [4.69, 9.17) is 9.52 Å². The Morgan fingerprint density at radius 3 is 2.85 bits per heavy atom. The van der Waals surface area contributed by atoms with Crippen LogP contribution in [0.3, 0.4) is 0 Å². The topological polar surface area (TPSA) is 33.4 Å². The molecule has 1 aromatic heterocycles. The molecule has 1 heterocycles. The van der Waals surface area contributed by atoms with Crippen molar-refractivity contribution < 1.29 is 13.9 Å². The lowest BCUT2D eigenvalue weighted by atomic mass is 10.1. The van der Waals surface area contributed by atoms with Crippen molar-refractivity contribution in [1.82, 2.24) is 0 Å². The van der Waals surface area contributed by atoms with Crippen molar-refractivity contribution in [1.29, 1.82) is 0 Å². The van der Waals surface area contributed by atoms with E-state index in [2.05, 4.69) is 11.8 Å². The van der Waals surface area contributed by atoms with Gasteiger partial charge < -0.3 is 9.52 Å². The molecule has 0 unspecified atom stereocenters. The van der Waals surface area contributed by atoms with E-state index in [1.165, 1.54) is 6.07 Å². The molecule has 0 atom stereocenters. The molecule has 0 fully saturated rings. The van der Waals surface area contributed by atoms with E-state index < -0.39 is 0 Å². The van der Waals surface area contributed by atoms with Crippen molar-refractivity contribution in [3.63, 3.8) is 0 Å². The van der Waals surface area contributed by atoms with Gasteiger partial charge in [0.05, 0.1) is 12.9 Å². The maximum absolute atomic E-state index is 13.9. The van der Waals surface area contributed by atoms with Gasteiger partial charge in [-0.05, 0) is 30.7 Å². The summed E-state index contributed by atoms with van der Waals surface area (Å²) in [5.74, 6) is 6.74. The van der Waals surface area contributed by atoms with Crippen LogP contribution in [0.2, 0.25) is 0 Å². The van der Waals surface area contributed by atoms with Gasteiger partial charge in [0.2, 0.25) is 0 Å². The van der Waals surface area contributed by atoms with Crippen molar-refractivity contribution in [2.24, 2.45) is 0 Å². The number of hydrogen-bond acceptors (Lipinski definition) is 3. The minimum Gasteiger partial charge on any atom is -0.468 e. The van der Waals surface area contributed by atoms with E-state index in [0.29, 0.717) is 23.3 Å². The molecule has 0 aliphatic rings. The first-order valence-electron chi connectivity index (χ1n) is 6.25. The summed E-state index contributed by atoms with van der Waals surface area (Å²) >= 11 is 1.55. The minimum absolute atomic E-state index is 0.0221. The second-order valence-electron chi connectivity index (χ2n) is 4.21. The number of halogens is 1. The number of rotatable bonds is 4. The summed E-state index contributed by atoms with van der Waals surface area (Å²) < 4.78 is 19.1. The second-order valence-corrected chi connectivity index (χ2v) is 5.23. The Balaban J connectivity index is 2.03. The fourth-order valence-electron chi connectivity index (χ4n) is 1.64. The molecule has 1 aromatic carbocycles. The average Bonchev–Trinajstić information content (AvgIpc) is 2.84. The Kier molecular flexibility index (Phi) is 5.28. The number of hydrogen-bond donors (Lipinski definition) is 1. The zero-order valence-electron chi connectivity index (χ0n) is 11.1. The highest BCUT2D eigenvalue weighted by Crippen LogP contribution is 2.27. The van der Waals surface area contributed by atoms with Crippen molar-refractivity contribution in [3.8, 4) is 11.8 Å². The highest BCUT2D eigenvalue weighted by molar-refractivity contribution is 7.98. The fraction of sp³-hybridized carbons (Fsp3) is 0.250. The molecule has 0 radical (unpaired) electrons.